The molecule has 98 valence electrons. The molecule has 1 aliphatic carbocycles. The van der Waals surface area contributed by atoms with E-state index in [1.165, 1.54) is 0 Å². The molecule has 0 saturated heterocycles. The van der Waals surface area contributed by atoms with Gasteiger partial charge in [0.2, 0.25) is 6.79 Å². The summed E-state index contributed by atoms with van der Waals surface area (Å²) in [6.45, 7) is 0.127. The summed E-state index contributed by atoms with van der Waals surface area (Å²) in [7, 11) is 0. The van der Waals surface area contributed by atoms with E-state index in [1.807, 2.05) is 0 Å². The number of carbonyl (C=O) groups is 1. The summed E-state index contributed by atoms with van der Waals surface area (Å²) in [6, 6.07) is 12.3. The molecule has 0 radical (unpaired) electrons. The van der Waals surface area contributed by atoms with Gasteiger partial charge in [-0.1, -0.05) is 36.4 Å². The van der Waals surface area contributed by atoms with Crippen molar-refractivity contribution in [2.24, 2.45) is 0 Å². The number of aliphatic hydroxyl groups excluding tert-OH is 1. The van der Waals surface area contributed by atoms with Crippen LogP contribution >= 0.6 is 0 Å². The van der Waals surface area contributed by atoms with Gasteiger partial charge in [0.25, 0.3) is 0 Å². The topological polar surface area (TPSA) is 55.8 Å². The zero-order valence-corrected chi connectivity index (χ0v) is 10.4. The van der Waals surface area contributed by atoms with Crippen molar-refractivity contribution < 1.29 is 19.4 Å². The van der Waals surface area contributed by atoms with Gasteiger partial charge in [-0.15, -0.1) is 0 Å². The van der Waals surface area contributed by atoms with E-state index in [9.17, 15) is 9.90 Å². The van der Waals surface area contributed by atoms with E-state index < -0.39 is 0 Å². The zero-order valence-electron chi connectivity index (χ0n) is 10.4. The van der Waals surface area contributed by atoms with Crippen LogP contribution in [0.25, 0.3) is 11.3 Å². The predicted molar refractivity (Wildman–Crippen MR) is 72.8 cm³/mol. The lowest BCUT2D eigenvalue weighted by molar-refractivity contribution is 0.105. The van der Waals surface area contributed by atoms with Crippen LogP contribution in [0.4, 0.5) is 0 Å². The van der Waals surface area contributed by atoms with E-state index in [-0.39, 0.29) is 23.9 Å². The second kappa shape index (κ2) is 3.87. The van der Waals surface area contributed by atoms with Crippen molar-refractivity contribution in [2.75, 3.05) is 6.79 Å². The average molecular weight is 266 g/mol. The molecule has 0 saturated carbocycles. The maximum atomic E-state index is 12.5. The maximum Gasteiger partial charge on any atom is 0.231 e. The minimum absolute atomic E-state index is 0.00509. The van der Waals surface area contributed by atoms with Crippen molar-refractivity contribution in [1.82, 2.24) is 0 Å². The van der Waals surface area contributed by atoms with Crippen LogP contribution in [0.3, 0.4) is 0 Å². The number of carbonyl (C=O) groups excluding carboxylic acids is 1. The van der Waals surface area contributed by atoms with E-state index in [0.717, 1.165) is 0 Å². The van der Waals surface area contributed by atoms with E-state index in [4.69, 9.17) is 9.47 Å². The number of aliphatic hydroxyl groups is 1. The van der Waals surface area contributed by atoms with Crippen molar-refractivity contribution in [1.29, 1.82) is 0 Å². The first-order chi connectivity index (χ1) is 9.77. The van der Waals surface area contributed by atoms with Crippen LogP contribution in [0.5, 0.6) is 11.5 Å². The van der Waals surface area contributed by atoms with Gasteiger partial charge in [-0.05, 0) is 6.07 Å². The molecular formula is C16H10O4. The Labute approximate surface area is 114 Å². The molecule has 0 aromatic heterocycles. The van der Waals surface area contributed by atoms with Gasteiger partial charge >= 0.3 is 0 Å². The highest BCUT2D eigenvalue weighted by Crippen LogP contribution is 2.44. The summed E-state index contributed by atoms with van der Waals surface area (Å²) >= 11 is 0. The molecule has 0 fully saturated rings. The Morgan fingerprint density at radius 3 is 2.45 bits per heavy atom. The Bertz CT molecular complexity index is 774. The van der Waals surface area contributed by atoms with Crippen molar-refractivity contribution >= 4 is 17.1 Å². The van der Waals surface area contributed by atoms with E-state index >= 15 is 0 Å². The Kier molecular flexibility index (Phi) is 2.15. The lowest BCUT2D eigenvalue weighted by atomic mass is 10.0. The van der Waals surface area contributed by atoms with E-state index in [0.29, 0.717) is 28.2 Å². The first-order valence-corrected chi connectivity index (χ1v) is 6.23. The minimum atomic E-state index is -0.193. The second-order valence-corrected chi connectivity index (χ2v) is 4.64. The van der Waals surface area contributed by atoms with Gasteiger partial charge in [-0.25, -0.2) is 0 Å². The number of fused-ring (bicyclic) bond motifs is 2. The number of benzene rings is 2. The Hall–Kier alpha value is -2.75. The van der Waals surface area contributed by atoms with Crippen LogP contribution in [0.2, 0.25) is 0 Å². The summed E-state index contributed by atoms with van der Waals surface area (Å²) in [6.07, 6.45) is 0. The molecule has 1 aliphatic heterocycles. The third-order valence-corrected chi connectivity index (χ3v) is 3.56. The monoisotopic (exact) mass is 266 g/mol. The number of hydrogen-bond acceptors (Lipinski definition) is 4. The Morgan fingerprint density at radius 1 is 0.900 bits per heavy atom. The molecule has 0 unspecified atom stereocenters. The van der Waals surface area contributed by atoms with Crippen molar-refractivity contribution in [3.63, 3.8) is 0 Å². The van der Waals surface area contributed by atoms with Crippen molar-refractivity contribution in [2.45, 2.75) is 0 Å². The fourth-order valence-corrected chi connectivity index (χ4v) is 2.64. The van der Waals surface area contributed by atoms with Crippen LogP contribution in [0.15, 0.2) is 42.5 Å². The van der Waals surface area contributed by atoms with Gasteiger partial charge in [-0.3, -0.25) is 4.79 Å². The maximum absolute atomic E-state index is 12.5. The highest BCUT2D eigenvalue weighted by atomic mass is 16.7. The number of ether oxygens (including phenoxy) is 2. The van der Waals surface area contributed by atoms with Gasteiger partial charge in [0.1, 0.15) is 5.76 Å². The van der Waals surface area contributed by atoms with Crippen LogP contribution < -0.4 is 9.47 Å². The summed E-state index contributed by atoms with van der Waals surface area (Å²) in [4.78, 5) is 12.5. The van der Waals surface area contributed by atoms with E-state index in [1.54, 1.807) is 42.5 Å². The zero-order chi connectivity index (χ0) is 13.7. The third-order valence-electron chi connectivity index (χ3n) is 3.56. The molecule has 1 N–H and O–H groups in total. The van der Waals surface area contributed by atoms with Gasteiger partial charge in [0.15, 0.2) is 17.3 Å². The van der Waals surface area contributed by atoms with Crippen LogP contribution in [0.1, 0.15) is 21.5 Å². The third kappa shape index (κ3) is 1.33. The standard InChI is InChI=1S/C16H10O4/c17-14-9-4-1-2-5-10(9)15(18)13(14)11-6-3-7-12-16(11)20-8-19-12/h1-7,17H,8H2. The van der Waals surface area contributed by atoms with Gasteiger partial charge < -0.3 is 14.6 Å². The fourth-order valence-electron chi connectivity index (χ4n) is 2.64. The molecular weight excluding hydrogens is 256 g/mol. The number of Topliss-reactive ketones (excluding diaryl/α,β-unsaturated/α-hetero) is 1. The molecule has 4 heteroatoms. The summed E-state index contributed by atoms with van der Waals surface area (Å²) in [5.74, 6) is 0.901. The SMILES string of the molecule is O=C1C(c2cccc3c2OCO3)=C(O)c2ccccc21. The molecule has 0 amide bonds. The molecule has 1 heterocycles. The van der Waals surface area contributed by atoms with Crippen molar-refractivity contribution in [3.05, 3.63) is 59.2 Å². The quantitative estimate of drug-likeness (QED) is 0.862. The predicted octanol–water partition coefficient (Wildman–Crippen LogP) is 3.04. The number of rotatable bonds is 1. The lowest BCUT2D eigenvalue weighted by Crippen LogP contribution is -2.00. The molecule has 20 heavy (non-hydrogen) atoms. The molecule has 0 atom stereocenters. The summed E-state index contributed by atoms with van der Waals surface area (Å²) in [5, 5.41) is 10.4. The first-order valence-electron chi connectivity index (χ1n) is 6.23. The summed E-state index contributed by atoms with van der Waals surface area (Å²) < 4.78 is 10.7. The second-order valence-electron chi connectivity index (χ2n) is 4.64. The van der Waals surface area contributed by atoms with Crippen molar-refractivity contribution in [3.8, 4) is 11.5 Å². The van der Waals surface area contributed by atoms with Gasteiger partial charge in [0.05, 0.1) is 5.57 Å². The largest absolute Gasteiger partial charge is 0.506 e. The number of para-hydroxylation sites is 1. The molecule has 2 aromatic rings. The minimum Gasteiger partial charge on any atom is -0.506 e. The highest BCUT2D eigenvalue weighted by molar-refractivity contribution is 6.39. The van der Waals surface area contributed by atoms with Gasteiger partial charge in [0, 0.05) is 16.7 Å². The molecule has 2 aromatic carbocycles. The number of ketones is 1. The lowest BCUT2D eigenvalue weighted by Gasteiger charge is -2.06. The normalized spacial score (nSPS) is 15.7. The summed E-state index contributed by atoms with van der Waals surface area (Å²) in [5.41, 5.74) is 1.91. The average Bonchev–Trinajstić information content (AvgIpc) is 3.04. The molecule has 0 spiro atoms. The van der Waals surface area contributed by atoms with Crippen LogP contribution in [-0.4, -0.2) is 17.7 Å². The molecule has 0 bridgehead atoms. The first kappa shape index (κ1) is 11.1. The number of allylic oxidation sites excluding steroid dienone is 1. The molecule has 4 rings (SSSR count). The molecule has 2 aliphatic rings. The Balaban J connectivity index is 1.95. The highest BCUT2D eigenvalue weighted by Gasteiger charge is 2.33. The smallest absolute Gasteiger partial charge is 0.231 e. The van der Waals surface area contributed by atoms with Gasteiger partial charge in [-0.2, -0.15) is 0 Å². The fraction of sp³-hybridized carbons (Fsp3) is 0.0625. The Morgan fingerprint density at radius 2 is 1.65 bits per heavy atom. The number of hydrogen-bond donors (Lipinski definition) is 1. The van der Waals surface area contributed by atoms with E-state index in [2.05, 4.69) is 0 Å². The van der Waals surface area contributed by atoms with Crippen LogP contribution in [-0.2, 0) is 0 Å². The van der Waals surface area contributed by atoms with Crippen LogP contribution in [0, 0.1) is 0 Å². The molecule has 4 nitrogen and oxygen atoms in total.